The van der Waals surface area contributed by atoms with Gasteiger partial charge in [0.1, 0.15) is 0 Å². The highest BCUT2D eigenvalue weighted by Gasteiger charge is 2.36. The molecule has 1 amide bonds. The molecule has 27 heavy (non-hydrogen) atoms. The van der Waals surface area contributed by atoms with E-state index in [1.807, 2.05) is 6.92 Å². The zero-order valence-electron chi connectivity index (χ0n) is 14.3. The van der Waals surface area contributed by atoms with Gasteiger partial charge in [-0.2, -0.15) is 0 Å². The fraction of sp³-hybridized carbons (Fsp3) is 0.222. The lowest BCUT2D eigenvalue weighted by Gasteiger charge is -2.35. The monoisotopic (exact) mass is 407 g/mol. The van der Waals surface area contributed by atoms with Crippen molar-refractivity contribution in [3.05, 3.63) is 69.3 Å². The van der Waals surface area contributed by atoms with Gasteiger partial charge in [-0.15, -0.1) is 5.53 Å². The van der Waals surface area contributed by atoms with E-state index in [1.165, 1.54) is 18.3 Å². The van der Waals surface area contributed by atoms with Crippen LogP contribution in [0.15, 0.2) is 47.9 Å². The Balaban J connectivity index is 1.62. The topological polar surface area (TPSA) is 60.5 Å². The summed E-state index contributed by atoms with van der Waals surface area (Å²) in [7, 11) is 0. The van der Waals surface area contributed by atoms with Gasteiger partial charge in [-0.3, -0.25) is 4.79 Å². The Labute approximate surface area is 165 Å². The van der Waals surface area contributed by atoms with Crippen molar-refractivity contribution in [1.29, 1.82) is 0 Å². The summed E-state index contributed by atoms with van der Waals surface area (Å²) < 4.78 is 14.1. The summed E-state index contributed by atoms with van der Waals surface area (Å²) in [5.74, 6) is -0.455. The van der Waals surface area contributed by atoms with Crippen molar-refractivity contribution in [3.8, 4) is 0 Å². The lowest BCUT2D eigenvalue weighted by Crippen LogP contribution is -2.44. The first-order valence-electron chi connectivity index (χ1n) is 8.36. The van der Waals surface area contributed by atoms with Crippen LogP contribution in [0.5, 0.6) is 0 Å². The standard InChI is InChI=1S/C18H16Cl2FN5O/c1-10-8-15-14(23-24-26(15)17-13(21)6-3-7-22-17)9-25(10)18(27)11-4-2-5-12(19)16(11)20/h2-7,10,23-24H,8-9H2,1H3/t10-/m1/s1. The summed E-state index contributed by atoms with van der Waals surface area (Å²) in [5, 5.41) is 2.16. The first-order chi connectivity index (χ1) is 13.0. The molecule has 0 spiro atoms. The van der Waals surface area contributed by atoms with Crippen LogP contribution in [-0.4, -0.2) is 28.4 Å². The molecule has 1 aromatic heterocycles. The lowest BCUT2D eigenvalue weighted by molar-refractivity contribution is 0.0696. The Kier molecular flexibility index (Phi) is 4.67. The van der Waals surface area contributed by atoms with E-state index in [2.05, 4.69) is 15.9 Å². The average Bonchev–Trinajstić information content (AvgIpc) is 3.05. The van der Waals surface area contributed by atoms with Crippen molar-refractivity contribution in [2.75, 3.05) is 11.6 Å². The quantitative estimate of drug-likeness (QED) is 0.797. The van der Waals surface area contributed by atoms with Crippen LogP contribution in [0.1, 0.15) is 23.7 Å². The van der Waals surface area contributed by atoms with Gasteiger partial charge in [-0.25, -0.2) is 14.4 Å². The number of amides is 1. The van der Waals surface area contributed by atoms with Crippen LogP contribution in [0.25, 0.3) is 0 Å². The molecule has 4 rings (SSSR count). The van der Waals surface area contributed by atoms with Gasteiger partial charge in [0.15, 0.2) is 11.6 Å². The second-order valence-corrected chi connectivity index (χ2v) is 7.18. The summed E-state index contributed by atoms with van der Waals surface area (Å²) in [6, 6.07) is 7.76. The molecular formula is C18H16Cl2FN5O. The lowest BCUT2D eigenvalue weighted by atomic mass is 10.0. The molecule has 6 nitrogen and oxygen atoms in total. The fourth-order valence-corrected chi connectivity index (χ4v) is 3.66. The fourth-order valence-electron chi connectivity index (χ4n) is 3.28. The van der Waals surface area contributed by atoms with E-state index in [-0.39, 0.29) is 22.8 Å². The van der Waals surface area contributed by atoms with E-state index in [0.29, 0.717) is 23.6 Å². The summed E-state index contributed by atoms with van der Waals surface area (Å²) in [6.07, 6.45) is 2.05. The van der Waals surface area contributed by atoms with Crippen molar-refractivity contribution < 1.29 is 9.18 Å². The number of carbonyl (C=O) groups is 1. The molecule has 140 valence electrons. The second-order valence-electron chi connectivity index (χ2n) is 6.39. The normalized spacial score (nSPS) is 19.2. The first kappa shape index (κ1) is 18.0. The molecule has 0 saturated heterocycles. The van der Waals surface area contributed by atoms with E-state index in [4.69, 9.17) is 23.2 Å². The minimum Gasteiger partial charge on any atom is -0.330 e. The molecule has 2 N–H and O–H groups in total. The summed E-state index contributed by atoms with van der Waals surface area (Å²) in [5.41, 5.74) is 7.92. The molecule has 0 fully saturated rings. The molecular weight excluding hydrogens is 392 g/mol. The van der Waals surface area contributed by atoms with Gasteiger partial charge in [0, 0.05) is 18.7 Å². The van der Waals surface area contributed by atoms with Crippen molar-refractivity contribution in [3.63, 3.8) is 0 Å². The summed E-state index contributed by atoms with van der Waals surface area (Å²) in [6.45, 7) is 2.27. The Hall–Kier alpha value is -2.35. The van der Waals surface area contributed by atoms with Crippen LogP contribution in [0.2, 0.25) is 10.0 Å². The number of hydrogen-bond donors (Lipinski definition) is 2. The number of pyridine rings is 1. The highest BCUT2D eigenvalue weighted by atomic mass is 35.5. The average molecular weight is 408 g/mol. The van der Waals surface area contributed by atoms with Gasteiger partial charge >= 0.3 is 0 Å². The van der Waals surface area contributed by atoms with E-state index in [9.17, 15) is 9.18 Å². The third kappa shape index (κ3) is 3.12. The zero-order chi connectivity index (χ0) is 19.1. The van der Waals surface area contributed by atoms with Crippen molar-refractivity contribution in [1.82, 2.24) is 20.8 Å². The first-order valence-corrected chi connectivity index (χ1v) is 9.12. The highest BCUT2D eigenvalue weighted by Crippen LogP contribution is 2.33. The second kappa shape index (κ2) is 6.99. The molecule has 3 heterocycles. The van der Waals surface area contributed by atoms with E-state index >= 15 is 0 Å². The number of nitrogens with zero attached hydrogens (tertiary/aromatic N) is 3. The van der Waals surface area contributed by atoms with Crippen LogP contribution in [0, 0.1) is 5.82 Å². The van der Waals surface area contributed by atoms with E-state index in [1.54, 1.807) is 28.1 Å². The Morgan fingerprint density at radius 2 is 2.11 bits per heavy atom. The molecule has 0 unspecified atom stereocenters. The number of rotatable bonds is 2. The largest absolute Gasteiger partial charge is 0.330 e. The molecule has 2 aromatic rings. The molecule has 0 saturated carbocycles. The van der Waals surface area contributed by atoms with Crippen LogP contribution in [0.3, 0.4) is 0 Å². The van der Waals surface area contributed by atoms with Gasteiger partial charge in [0.25, 0.3) is 5.91 Å². The van der Waals surface area contributed by atoms with Gasteiger partial charge in [-0.1, -0.05) is 29.3 Å². The maximum absolute atomic E-state index is 14.1. The van der Waals surface area contributed by atoms with Gasteiger partial charge < -0.3 is 10.3 Å². The Bertz CT molecular complexity index is 951. The number of anilines is 1. The van der Waals surface area contributed by atoms with Crippen LogP contribution in [-0.2, 0) is 0 Å². The van der Waals surface area contributed by atoms with Crippen LogP contribution in [0.4, 0.5) is 10.2 Å². The molecule has 9 heteroatoms. The summed E-state index contributed by atoms with van der Waals surface area (Å²) in [4.78, 5) is 18.8. The summed E-state index contributed by atoms with van der Waals surface area (Å²) >= 11 is 12.2. The van der Waals surface area contributed by atoms with Crippen molar-refractivity contribution in [2.24, 2.45) is 0 Å². The third-order valence-corrected chi connectivity index (χ3v) is 5.50. The number of hydrogen-bond acceptors (Lipinski definition) is 5. The Morgan fingerprint density at radius 1 is 1.30 bits per heavy atom. The molecule has 0 aliphatic carbocycles. The zero-order valence-corrected chi connectivity index (χ0v) is 15.9. The number of carbonyl (C=O) groups excluding carboxylic acids is 1. The molecule has 0 radical (unpaired) electrons. The molecule has 1 aromatic carbocycles. The van der Waals surface area contributed by atoms with Gasteiger partial charge in [0.05, 0.1) is 33.5 Å². The molecule has 1 atom stereocenters. The maximum atomic E-state index is 14.1. The molecule has 2 aliphatic rings. The number of benzene rings is 1. The molecule has 2 aliphatic heterocycles. The van der Waals surface area contributed by atoms with Gasteiger partial charge in [-0.05, 0) is 31.2 Å². The van der Waals surface area contributed by atoms with Crippen molar-refractivity contribution >= 4 is 34.9 Å². The number of aromatic nitrogens is 1. The Morgan fingerprint density at radius 3 is 2.89 bits per heavy atom. The van der Waals surface area contributed by atoms with Crippen molar-refractivity contribution in [2.45, 2.75) is 19.4 Å². The van der Waals surface area contributed by atoms with Crippen LogP contribution < -0.4 is 16.0 Å². The number of nitrogens with one attached hydrogen (secondary N) is 2. The predicted molar refractivity (Wildman–Crippen MR) is 102 cm³/mol. The maximum Gasteiger partial charge on any atom is 0.256 e. The smallest absolute Gasteiger partial charge is 0.256 e. The van der Waals surface area contributed by atoms with Crippen LogP contribution >= 0.6 is 23.2 Å². The predicted octanol–water partition coefficient (Wildman–Crippen LogP) is 3.50. The minimum atomic E-state index is -0.433. The highest BCUT2D eigenvalue weighted by molar-refractivity contribution is 6.43. The third-order valence-electron chi connectivity index (χ3n) is 4.68. The number of hydrazine groups is 2. The molecule has 0 bridgehead atoms. The van der Waals surface area contributed by atoms with E-state index in [0.717, 1.165) is 11.4 Å². The minimum absolute atomic E-state index is 0.123. The SMILES string of the molecule is C[C@@H]1CC2=C(CN1C(=O)c1cccc(Cl)c1Cl)NNN2c1ncccc1F. The van der Waals surface area contributed by atoms with E-state index < -0.39 is 5.82 Å². The number of halogens is 3. The van der Waals surface area contributed by atoms with Gasteiger partial charge in [0.2, 0.25) is 0 Å².